The summed E-state index contributed by atoms with van der Waals surface area (Å²) >= 11 is 0. The molecule has 13 heavy (non-hydrogen) atoms. The van der Waals surface area contributed by atoms with Gasteiger partial charge < -0.3 is 0 Å². The van der Waals surface area contributed by atoms with Crippen LogP contribution in [0.3, 0.4) is 0 Å². The number of fused-ring (bicyclic) bond motifs is 1. The highest BCUT2D eigenvalue weighted by Crippen LogP contribution is 2.39. The van der Waals surface area contributed by atoms with Gasteiger partial charge in [-0.25, -0.2) is 0 Å². The Labute approximate surface area is 81.0 Å². The molecule has 1 aromatic carbocycles. The zero-order valence-electron chi connectivity index (χ0n) is 8.67. The molecule has 1 aliphatic carbocycles. The van der Waals surface area contributed by atoms with Crippen LogP contribution in [0.5, 0.6) is 0 Å². The summed E-state index contributed by atoms with van der Waals surface area (Å²) in [6, 6.07) is 8.73. The van der Waals surface area contributed by atoms with Gasteiger partial charge in [-0.3, -0.25) is 0 Å². The van der Waals surface area contributed by atoms with Gasteiger partial charge in [-0.2, -0.15) is 0 Å². The van der Waals surface area contributed by atoms with Gasteiger partial charge in [-0.15, -0.1) is 0 Å². The van der Waals surface area contributed by atoms with E-state index in [9.17, 15) is 0 Å². The molecule has 1 unspecified atom stereocenters. The molecule has 0 bridgehead atoms. The van der Waals surface area contributed by atoms with E-state index in [4.69, 9.17) is 0 Å². The molecule has 0 heteroatoms. The first-order valence-electron chi connectivity index (χ1n) is 5.00. The Bertz CT molecular complexity index is 279. The van der Waals surface area contributed by atoms with Crippen molar-refractivity contribution in [1.29, 1.82) is 0 Å². The van der Waals surface area contributed by atoms with E-state index in [0.717, 1.165) is 0 Å². The molecule has 1 atom stereocenters. The van der Waals surface area contributed by atoms with Gasteiger partial charge in [-0.05, 0) is 35.3 Å². The van der Waals surface area contributed by atoms with Crippen LogP contribution in [-0.2, 0) is 6.42 Å². The van der Waals surface area contributed by atoms with Gasteiger partial charge in [0.1, 0.15) is 0 Å². The van der Waals surface area contributed by atoms with Gasteiger partial charge >= 0.3 is 0 Å². The summed E-state index contributed by atoms with van der Waals surface area (Å²) in [5.41, 5.74) is 3.36. The molecule has 0 spiro atoms. The van der Waals surface area contributed by atoms with Crippen molar-refractivity contribution in [3.05, 3.63) is 41.8 Å². The molecule has 0 fully saturated rings. The zero-order chi connectivity index (χ0) is 9.47. The molecule has 1 radical (unpaired) electrons. The Morgan fingerprint density at radius 2 is 1.85 bits per heavy atom. The van der Waals surface area contributed by atoms with Crippen LogP contribution in [0.15, 0.2) is 24.3 Å². The molecule has 0 aromatic heterocycles. The molecule has 0 heterocycles. The molecule has 0 saturated heterocycles. The minimum Gasteiger partial charge on any atom is -0.0620 e. The topological polar surface area (TPSA) is 0 Å². The lowest BCUT2D eigenvalue weighted by Crippen LogP contribution is -2.19. The van der Waals surface area contributed by atoms with E-state index in [-0.39, 0.29) is 0 Å². The Morgan fingerprint density at radius 1 is 1.15 bits per heavy atom. The lowest BCUT2D eigenvalue weighted by atomic mass is 9.79. The summed E-state index contributed by atoms with van der Waals surface area (Å²) in [5, 5.41) is 0. The van der Waals surface area contributed by atoms with Crippen molar-refractivity contribution in [2.75, 3.05) is 0 Å². The summed E-state index contributed by atoms with van der Waals surface area (Å²) in [5.74, 6) is 0.713. The highest BCUT2D eigenvalue weighted by Gasteiger charge is 2.30. The third-order valence-electron chi connectivity index (χ3n) is 2.99. The lowest BCUT2D eigenvalue weighted by Gasteiger charge is -2.26. The van der Waals surface area contributed by atoms with E-state index in [1.165, 1.54) is 17.5 Å². The molecule has 1 aliphatic rings. The molecule has 2 rings (SSSR count). The Balaban J connectivity index is 2.23. The van der Waals surface area contributed by atoms with E-state index in [2.05, 4.69) is 51.5 Å². The maximum Gasteiger partial charge on any atom is -0.00508 e. The summed E-state index contributed by atoms with van der Waals surface area (Å²) in [4.78, 5) is 0. The number of benzene rings is 1. The Hall–Kier alpha value is -0.780. The summed E-state index contributed by atoms with van der Waals surface area (Å²) in [7, 11) is 0. The van der Waals surface area contributed by atoms with Crippen molar-refractivity contribution in [3.8, 4) is 0 Å². The van der Waals surface area contributed by atoms with Gasteiger partial charge in [0.2, 0.25) is 0 Å². The van der Waals surface area contributed by atoms with Crippen LogP contribution in [0.2, 0.25) is 0 Å². The normalized spacial score (nSPS) is 17.5. The predicted octanol–water partition coefficient (Wildman–Crippen LogP) is 3.46. The van der Waals surface area contributed by atoms with E-state index < -0.39 is 0 Å². The second-order valence-electron chi connectivity index (χ2n) is 5.04. The number of rotatable bonds is 0. The molecular weight excluding hydrogens is 156 g/mol. The first kappa shape index (κ1) is 8.80. The second-order valence-corrected chi connectivity index (χ2v) is 5.04. The van der Waals surface area contributed by atoms with Gasteiger partial charge in [0.15, 0.2) is 0 Å². The molecule has 0 amide bonds. The smallest absolute Gasteiger partial charge is 0.00508 e. The van der Waals surface area contributed by atoms with Crippen LogP contribution < -0.4 is 0 Å². The third kappa shape index (κ3) is 1.63. The standard InChI is InChI=1S/C13H17/c1-13(2,3)12-8-10-6-4-5-7-11(10)9-12/h4-8,12H,9H2,1-3H3. The van der Waals surface area contributed by atoms with Crippen molar-refractivity contribution in [2.24, 2.45) is 11.3 Å². The summed E-state index contributed by atoms with van der Waals surface area (Å²) < 4.78 is 0. The second kappa shape index (κ2) is 2.87. The lowest BCUT2D eigenvalue weighted by molar-refractivity contribution is 0.287. The maximum atomic E-state index is 2.43. The van der Waals surface area contributed by atoms with Crippen molar-refractivity contribution in [3.63, 3.8) is 0 Å². The average Bonchev–Trinajstić information content (AvgIpc) is 2.45. The predicted molar refractivity (Wildman–Crippen MR) is 56.5 cm³/mol. The first-order chi connectivity index (χ1) is 6.07. The van der Waals surface area contributed by atoms with Crippen LogP contribution in [0, 0.1) is 17.8 Å². The maximum absolute atomic E-state index is 2.43. The van der Waals surface area contributed by atoms with Gasteiger partial charge in [0.05, 0.1) is 0 Å². The van der Waals surface area contributed by atoms with E-state index >= 15 is 0 Å². The monoisotopic (exact) mass is 173 g/mol. The number of hydrogen-bond donors (Lipinski definition) is 0. The van der Waals surface area contributed by atoms with Gasteiger partial charge in [0, 0.05) is 0 Å². The molecule has 0 saturated carbocycles. The fourth-order valence-electron chi connectivity index (χ4n) is 1.95. The largest absolute Gasteiger partial charge is 0.0620 e. The van der Waals surface area contributed by atoms with Gasteiger partial charge in [0.25, 0.3) is 0 Å². The minimum atomic E-state index is 0.402. The Morgan fingerprint density at radius 3 is 2.46 bits per heavy atom. The minimum absolute atomic E-state index is 0.402. The van der Waals surface area contributed by atoms with Crippen molar-refractivity contribution in [2.45, 2.75) is 27.2 Å². The molecule has 0 aliphatic heterocycles. The molecular formula is C13H17. The summed E-state index contributed by atoms with van der Waals surface area (Å²) in [6.45, 7) is 6.96. The third-order valence-corrected chi connectivity index (χ3v) is 2.99. The van der Waals surface area contributed by atoms with Crippen molar-refractivity contribution >= 4 is 0 Å². The van der Waals surface area contributed by atoms with Crippen molar-refractivity contribution < 1.29 is 0 Å². The quantitative estimate of drug-likeness (QED) is 0.563. The van der Waals surface area contributed by atoms with E-state index in [0.29, 0.717) is 11.3 Å². The van der Waals surface area contributed by atoms with Crippen LogP contribution in [0.4, 0.5) is 0 Å². The van der Waals surface area contributed by atoms with Crippen LogP contribution >= 0.6 is 0 Å². The molecule has 1 aromatic rings. The molecule has 0 nitrogen and oxygen atoms in total. The highest BCUT2D eigenvalue weighted by molar-refractivity contribution is 5.39. The van der Waals surface area contributed by atoms with Crippen LogP contribution in [-0.4, -0.2) is 0 Å². The zero-order valence-corrected chi connectivity index (χ0v) is 8.67. The van der Waals surface area contributed by atoms with E-state index in [1.807, 2.05) is 0 Å². The first-order valence-corrected chi connectivity index (χ1v) is 5.00. The number of hydrogen-bond acceptors (Lipinski definition) is 0. The fraction of sp³-hybridized carbons (Fsp3) is 0.462. The van der Waals surface area contributed by atoms with Crippen molar-refractivity contribution in [1.82, 2.24) is 0 Å². The summed E-state index contributed by atoms with van der Waals surface area (Å²) in [6.07, 6.45) is 3.65. The van der Waals surface area contributed by atoms with Gasteiger partial charge in [-0.1, -0.05) is 45.0 Å². The molecule has 0 N–H and O–H groups in total. The SMILES string of the molecule is CC(C)(C)C1[CH]c2ccccc2C1. The van der Waals surface area contributed by atoms with Crippen LogP contribution in [0.1, 0.15) is 31.9 Å². The Kier molecular flexibility index (Phi) is 1.94. The fourth-order valence-corrected chi connectivity index (χ4v) is 1.95. The van der Waals surface area contributed by atoms with E-state index in [1.54, 1.807) is 0 Å². The molecule has 69 valence electrons. The average molecular weight is 173 g/mol. The van der Waals surface area contributed by atoms with Crippen LogP contribution in [0.25, 0.3) is 0 Å². The highest BCUT2D eigenvalue weighted by atomic mass is 14.3.